The van der Waals surface area contributed by atoms with Gasteiger partial charge < -0.3 is 15.1 Å². The Labute approximate surface area is 157 Å². The molecule has 9 atom stereocenters. The number of hydrogen-bond donors (Lipinski definition) is 2. The summed E-state index contributed by atoms with van der Waals surface area (Å²) in [4.78, 5) is 14.4. The fourth-order valence-corrected chi connectivity index (χ4v) is 7.62. The molecule has 1 saturated heterocycles. The molecule has 2 N–H and O–H groups in total. The lowest BCUT2D eigenvalue weighted by Gasteiger charge is -2.63. The van der Waals surface area contributed by atoms with Crippen molar-refractivity contribution in [3.05, 3.63) is 12.2 Å². The van der Waals surface area contributed by atoms with Gasteiger partial charge in [-0.15, -0.1) is 0 Å². The van der Waals surface area contributed by atoms with Crippen molar-refractivity contribution >= 4 is 5.91 Å². The van der Waals surface area contributed by atoms with Gasteiger partial charge >= 0.3 is 0 Å². The van der Waals surface area contributed by atoms with Gasteiger partial charge in [-0.25, -0.2) is 0 Å². The third-order valence-electron chi connectivity index (χ3n) is 9.12. The molecule has 4 rings (SSSR count). The van der Waals surface area contributed by atoms with E-state index in [1.165, 1.54) is 6.42 Å². The van der Waals surface area contributed by atoms with E-state index in [4.69, 9.17) is 0 Å². The summed E-state index contributed by atoms with van der Waals surface area (Å²) in [6.45, 7) is 6.98. The maximum Gasteiger partial charge on any atom is 0.222 e. The van der Waals surface area contributed by atoms with E-state index in [2.05, 4.69) is 32.9 Å². The number of aliphatic hydroxyl groups is 2. The van der Waals surface area contributed by atoms with Crippen molar-refractivity contribution in [2.24, 2.45) is 40.4 Å². The van der Waals surface area contributed by atoms with E-state index in [-0.39, 0.29) is 23.4 Å². The molecule has 146 valence electrons. The Morgan fingerprint density at radius 1 is 1.27 bits per heavy atom. The van der Waals surface area contributed by atoms with Crippen LogP contribution < -0.4 is 0 Å². The lowest BCUT2D eigenvalue weighted by molar-refractivity contribution is -0.166. The number of hydrogen-bond acceptors (Lipinski definition) is 3. The van der Waals surface area contributed by atoms with E-state index in [0.717, 1.165) is 19.3 Å². The molecule has 26 heavy (non-hydrogen) atoms. The lowest BCUT2D eigenvalue weighted by atomic mass is 9.44. The number of carbonyl (C=O) groups is 1. The first-order valence-corrected chi connectivity index (χ1v) is 10.5. The minimum atomic E-state index is -0.654. The number of piperidine rings is 1. The molecule has 0 aromatic carbocycles. The van der Waals surface area contributed by atoms with Crippen molar-refractivity contribution in [2.75, 3.05) is 13.7 Å². The van der Waals surface area contributed by atoms with E-state index in [1.807, 2.05) is 11.9 Å². The molecule has 0 bridgehead atoms. The minimum absolute atomic E-state index is 0.0527. The molecule has 3 aliphatic carbocycles. The number of allylic oxidation sites excluding steroid dienone is 1. The molecule has 0 aromatic heterocycles. The summed E-state index contributed by atoms with van der Waals surface area (Å²) in [6.07, 6.45) is 8.96. The van der Waals surface area contributed by atoms with Gasteiger partial charge in [0.1, 0.15) is 0 Å². The van der Waals surface area contributed by atoms with Crippen LogP contribution in [-0.2, 0) is 4.79 Å². The van der Waals surface area contributed by atoms with Crippen molar-refractivity contribution in [3.8, 4) is 0 Å². The standard InChI is InChI=1S/C22H35NO3/c1-13-11-18-22(3,10-8-19(26)23(18)4)16-7-9-21(2)14(17(25)12-24)5-6-15(21)20(13)16/h5-6,13-18,20,24-25H,7-12H2,1-4H3/t13?,14?,15-,16+,17?,18?,20-,21+,22+/m0/s1. The number of rotatable bonds is 2. The maximum atomic E-state index is 12.3. The van der Waals surface area contributed by atoms with Crippen LogP contribution in [0, 0.1) is 40.4 Å². The molecule has 4 unspecified atom stereocenters. The summed E-state index contributed by atoms with van der Waals surface area (Å²) in [6, 6.07) is 0.369. The Morgan fingerprint density at radius 3 is 2.69 bits per heavy atom. The molecule has 4 nitrogen and oxygen atoms in total. The molecule has 0 spiro atoms. The normalized spacial score (nSPS) is 51.6. The zero-order chi connectivity index (χ0) is 18.9. The fourth-order valence-electron chi connectivity index (χ4n) is 7.62. The predicted octanol–water partition coefficient (Wildman–Crippen LogP) is 2.84. The summed E-state index contributed by atoms with van der Waals surface area (Å²) >= 11 is 0. The summed E-state index contributed by atoms with van der Waals surface area (Å²) in [5.74, 6) is 2.68. The van der Waals surface area contributed by atoms with Gasteiger partial charge in [0, 0.05) is 25.4 Å². The fraction of sp³-hybridized carbons (Fsp3) is 0.864. The van der Waals surface area contributed by atoms with Gasteiger partial charge in [-0.05, 0) is 60.2 Å². The first-order valence-electron chi connectivity index (χ1n) is 10.5. The van der Waals surface area contributed by atoms with Gasteiger partial charge in [0.05, 0.1) is 12.7 Å². The van der Waals surface area contributed by atoms with Gasteiger partial charge in [-0.3, -0.25) is 4.79 Å². The quantitative estimate of drug-likeness (QED) is 0.744. The molecule has 3 fully saturated rings. The zero-order valence-electron chi connectivity index (χ0n) is 16.7. The molecular weight excluding hydrogens is 326 g/mol. The number of aliphatic hydroxyl groups excluding tert-OH is 2. The summed E-state index contributed by atoms with van der Waals surface area (Å²) in [5.41, 5.74) is 0.264. The molecule has 1 aliphatic heterocycles. The van der Waals surface area contributed by atoms with Crippen LogP contribution in [0.15, 0.2) is 12.2 Å². The van der Waals surface area contributed by atoms with Crippen molar-refractivity contribution < 1.29 is 15.0 Å². The predicted molar refractivity (Wildman–Crippen MR) is 101 cm³/mol. The summed E-state index contributed by atoms with van der Waals surface area (Å²) in [5, 5.41) is 19.9. The number of likely N-dealkylation sites (tertiary alicyclic amines) is 1. The van der Waals surface area contributed by atoms with Crippen LogP contribution in [0.2, 0.25) is 0 Å². The van der Waals surface area contributed by atoms with Crippen molar-refractivity contribution in [1.29, 1.82) is 0 Å². The topological polar surface area (TPSA) is 60.8 Å². The first-order chi connectivity index (χ1) is 12.2. The third kappa shape index (κ3) is 2.30. The highest BCUT2D eigenvalue weighted by Crippen LogP contribution is 2.65. The van der Waals surface area contributed by atoms with Gasteiger partial charge in [-0.2, -0.15) is 0 Å². The molecule has 2 saturated carbocycles. The van der Waals surface area contributed by atoms with Crippen LogP contribution in [0.5, 0.6) is 0 Å². The second-order valence-corrected chi connectivity index (χ2v) is 10.2. The number of nitrogens with zero attached hydrogens (tertiary/aromatic N) is 1. The van der Waals surface area contributed by atoms with Gasteiger partial charge in [0.15, 0.2) is 0 Å². The Hall–Kier alpha value is -0.870. The third-order valence-corrected chi connectivity index (χ3v) is 9.12. The SMILES string of the molecule is CC1CC2N(C)C(=O)CC[C@]2(C)[C@@H]2CC[C@]3(C)C(C(O)CO)C=C[C@H]3[C@H]12. The second-order valence-electron chi connectivity index (χ2n) is 10.2. The Kier molecular flexibility index (Phi) is 4.31. The number of fused-ring (bicyclic) bond motifs is 5. The van der Waals surface area contributed by atoms with Crippen LogP contribution in [0.4, 0.5) is 0 Å². The second kappa shape index (κ2) is 6.07. The maximum absolute atomic E-state index is 12.3. The molecule has 0 aromatic rings. The van der Waals surface area contributed by atoms with Crippen LogP contribution in [0.1, 0.15) is 52.9 Å². The Bertz CT molecular complexity index is 619. The molecule has 1 heterocycles. The zero-order valence-corrected chi connectivity index (χ0v) is 16.7. The average Bonchev–Trinajstić information content (AvgIpc) is 2.97. The average molecular weight is 362 g/mol. The van der Waals surface area contributed by atoms with E-state index >= 15 is 0 Å². The Balaban J connectivity index is 1.67. The monoisotopic (exact) mass is 361 g/mol. The highest BCUT2D eigenvalue weighted by Gasteiger charge is 2.62. The van der Waals surface area contributed by atoms with Crippen molar-refractivity contribution in [1.82, 2.24) is 4.90 Å². The largest absolute Gasteiger partial charge is 0.394 e. The molecule has 1 amide bonds. The smallest absolute Gasteiger partial charge is 0.222 e. The van der Waals surface area contributed by atoms with E-state index < -0.39 is 6.10 Å². The number of carbonyl (C=O) groups excluding carboxylic acids is 1. The van der Waals surface area contributed by atoms with E-state index in [9.17, 15) is 15.0 Å². The molecule has 0 radical (unpaired) electrons. The van der Waals surface area contributed by atoms with Gasteiger partial charge in [-0.1, -0.05) is 32.9 Å². The minimum Gasteiger partial charge on any atom is -0.394 e. The van der Waals surface area contributed by atoms with Gasteiger partial charge in [0.25, 0.3) is 0 Å². The highest BCUT2D eigenvalue weighted by atomic mass is 16.3. The van der Waals surface area contributed by atoms with Crippen molar-refractivity contribution in [2.45, 2.75) is 65.0 Å². The lowest BCUT2D eigenvalue weighted by Crippen LogP contribution is -2.63. The highest BCUT2D eigenvalue weighted by molar-refractivity contribution is 5.77. The van der Waals surface area contributed by atoms with Crippen LogP contribution in [0.3, 0.4) is 0 Å². The number of amides is 1. The summed E-state index contributed by atoms with van der Waals surface area (Å²) < 4.78 is 0. The van der Waals surface area contributed by atoms with Crippen LogP contribution in [0.25, 0.3) is 0 Å². The van der Waals surface area contributed by atoms with Gasteiger partial charge in [0.2, 0.25) is 5.91 Å². The van der Waals surface area contributed by atoms with E-state index in [1.54, 1.807) is 0 Å². The van der Waals surface area contributed by atoms with Crippen LogP contribution >= 0.6 is 0 Å². The first kappa shape index (κ1) is 18.5. The molecular formula is C22H35NO3. The Morgan fingerprint density at radius 2 is 2.00 bits per heavy atom. The molecule has 4 aliphatic rings. The van der Waals surface area contributed by atoms with E-state index in [0.29, 0.717) is 42.0 Å². The van der Waals surface area contributed by atoms with Crippen LogP contribution in [-0.4, -0.2) is 46.8 Å². The molecule has 4 heteroatoms. The van der Waals surface area contributed by atoms with Crippen molar-refractivity contribution in [3.63, 3.8) is 0 Å². The summed E-state index contributed by atoms with van der Waals surface area (Å²) in [7, 11) is 2.01.